The van der Waals surface area contributed by atoms with Crippen LogP contribution in [0.5, 0.6) is 0 Å². The number of aromatic nitrogens is 1. The minimum atomic E-state index is 0.401. The lowest BCUT2D eigenvalue weighted by atomic mass is 9.92. The van der Waals surface area contributed by atoms with Crippen LogP contribution in [0.4, 0.5) is 0 Å². The third-order valence-electron chi connectivity index (χ3n) is 3.73. The number of hydrogen-bond acceptors (Lipinski definition) is 4. The van der Waals surface area contributed by atoms with E-state index < -0.39 is 0 Å². The molecule has 0 saturated carbocycles. The molecule has 0 aromatic carbocycles. The van der Waals surface area contributed by atoms with Gasteiger partial charge in [0.15, 0.2) is 0 Å². The molecule has 2 N–H and O–H groups in total. The highest BCUT2D eigenvalue weighted by molar-refractivity contribution is 5.09. The van der Waals surface area contributed by atoms with E-state index in [-0.39, 0.29) is 0 Å². The van der Waals surface area contributed by atoms with Crippen LogP contribution in [0.1, 0.15) is 18.4 Å². The maximum Gasteiger partial charge on any atom is 0.0509 e. The highest BCUT2D eigenvalue weighted by Gasteiger charge is 2.26. The molecule has 18 heavy (non-hydrogen) atoms. The SMILES string of the molecule is CN(Cc1ccncc1)C(CN)C1CCCOC1. The van der Waals surface area contributed by atoms with Crippen LogP contribution in [-0.4, -0.2) is 42.7 Å². The van der Waals surface area contributed by atoms with Crippen molar-refractivity contribution in [1.29, 1.82) is 0 Å². The van der Waals surface area contributed by atoms with Crippen LogP contribution in [0.3, 0.4) is 0 Å². The average Bonchev–Trinajstić information content (AvgIpc) is 2.42. The zero-order chi connectivity index (χ0) is 12.8. The van der Waals surface area contributed by atoms with Crippen LogP contribution in [0, 0.1) is 5.92 Å². The van der Waals surface area contributed by atoms with Crippen molar-refractivity contribution < 1.29 is 4.74 Å². The van der Waals surface area contributed by atoms with Gasteiger partial charge in [0, 0.05) is 38.1 Å². The molecule has 1 aliphatic heterocycles. The molecule has 1 saturated heterocycles. The molecule has 2 unspecified atom stereocenters. The summed E-state index contributed by atoms with van der Waals surface area (Å²) in [6.45, 7) is 3.36. The van der Waals surface area contributed by atoms with E-state index in [1.54, 1.807) is 0 Å². The minimum Gasteiger partial charge on any atom is -0.381 e. The molecule has 0 radical (unpaired) electrons. The number of nitrogens with zero attached hydrogens (tertiary/aromatic N) is 2. The zero-order valence-corrected chi connectivity index (χ0v) is 11.1. The van der Waals surface area contributed by atoms with Crippen molar-refractivity contribution in [2.45, 2.75) is 25.4 Å². The number of rotatable bonds is 5. The second kappa shape index (κ2) is 6.83. The molecule has 4 heteroatoms. The van der Waals surface area contributed by atoms with Crippen LogP contribution in [-0.2, 0) is 11.3 Å². The van der Waals surface area contributed by atoms with E-state index in [1.807, 2.05) is 12.4 Å². The molecule has 1 aliphatic rings. The third-order valence-corrected chi connectivity index (χ3v) is 3.73. The first kappa shape index (κ1) is 13.5. The molecule has 1 fully saturated rings. The van der Waals surface area contributed by atoms with Crippen molar-refractivity contribution in [3.63, 3.8) is 0 Å². The Kier molecular flexibility index (Phi) is 5.11. The summed E-state index contributed by atoms with van der Waals surface area (Å²) in [6, 6.07) is 4.52. The minimum absolute atomic E-state index is 0.401. The smallest absolute Gasteiger partial charge is 0.0509 e. The molecule has 0 aliphatic carbocycles. The standard InChI is InChI=1S/C14H23N3O/c1-17(10-12-4-6-16-7-5-12)14(9-15)13-3-2-8-18-11-13/h4-7,13-14H,2-3,8-11,15H2,1H3. The van der Waals surface area contributed by atoms with Gasteiger partial charge in [-0.05, 0) is 43.5 Å². The fourth-order valence-corrected chi connectivity index (χ4v) is 2.69. The largest absolute Gasteiger partial charge is 0.381 e. The van der Waals surface area contributed by atoms with Gasteiger partial charge in [0.25, 0.3) is 0 Å². The summed E-state index contributed by atoms with van der Waals surface area (Å²) in [5, 5.41) is 0. The van der Waals surface area contributed by atoms with Crippen LogP contribution < -0.4 is 5.73 Å². The summed E-state index contributed by atoms with van der Waals surface area (Å²) in [7, 11) is 2.15. The molecule has 100 valence electrons. The van der Waals surface area contributed by atoms with Gasteiger partial charge < -0.3 is 10.5 Å². The summed E-state index contributed by atoms with van der Waals surface area (Å²) in [6.07, 6.45) is 6.06. The average molecular weight is 249 g/mol. The highest BCUT2D eigenvalue weighted by Crippen LogP contribution is 2.21. The molecule has 2 heterocycles. The Balaban J connectivity index is 1.94. The van der Waals surface area contributed by atoms with E-state index in [9.17, 15) is 0 Å². The van der Waals surface area contributed by atoms with Crippen molar-refractivity contribution in [3.8, 4) is 0 Å². The predicted octanol–water partition coefficient (Wildman–Crippen LogP) is 1.27. The summed E-state index contributed by atoms with van der Waals surface area (Å²) in [4.78, 5) is 6.39. The summed E-state index contributed by atoms with van der Waals surface area (Å²) in [5.41, 5.74) is 7.23. The quantitative estimate of drug-likeness (QED) is 0.854. The molecule has 0 amide bonds. The highest BCUT2D eigenvalue weighted by atomic mass is 16.5. The third kappa shape index (κ3) is 3.51. The second-order valence-corrected chi connectivity index (χ2v) is 5.05. The van der Waals surface area contributed by atoms with E-state index in [0.29, 0.717) is 18.5 Å². The molecular weight excluding hydrogens is 226 g/mol. The molecule has 4 nitrogen and oxygen atoms in total. The molecule has 0 spiro atoms. The van der Waals surface area contributed by atoms with Gasteiger partial charge in [-0.25, -0.2) is 0 Å². The van der Waals surface area contributed by atoms with Crippen LogP contribution in [0.15, 0.2) is 24.5 Å². The monoisotopic (exact) mass is 249 g/mol. The molecule has 2 rings (SSSR count). The van der Waals surface area contributed by atoms with Gasteiger partial charge in [0.2, 0.25) is 0 Å². The van der Waals surface area contributed by atoms with E-state index >= 15 is 0 Å². The topological polar surface area (TPSA) is 51.4 Å². The number of hydrogen-bond donors (Lipinski definition) is 1. The van der Waals surface area contributed by atoms with Gasteiger partial charge in [-0.15, -0.1) is 0 Å². The first-order valence-electron chi connectivity index (χ1n) is 6.68. The Hall–Kier alpha value is -0.970. The molecule has 1 aromatic rings. The number of ether oxygens (including phenoxy) is 1. The van der Waals surface area contributed by atoms with Crippen molar-refractivity contribution in [2.75, 3.05) is 26.8 Å². The van der Waals surface area contributed by atoms with Crippen molar-refractivity contribution in [2.24, 2.45) is 11.7 Å². The maximum atomic E-state index is 5.95. The molecule has 2 atom stereocenters. The molecule has 0 bridgehead atoms. The summed E-state index contributed by atoms with van der Waals surface area (Å²) >= 11 is 0. The van der Waals surface area contributed by atoms with Gasteiger partial charge in [0.05, 0.1) is 6.61 Å². The summed E-state index contributed by atoms with van der Waals surface area (Å²) < 4.78 is 5.57. The first-order valence-corrected chi connectivity index (χ1v) is 6.68. The fraction of sp³-hybridized carbons (Fsp3) is 0.643. The zero-order valence-electron chi connectivity index (χ0n) is 11.1. The summed E-state index contributed by atoms with van der Waals surface area (Å²) in [5.74, 6) is 0.565. The molecular formula is C14H23N3O. The Morgan fingerprint density at radius 1 is 1.50 bits per heavy atom. The maximum absolute atomic E-state index is 5.95. The van der Waals surface area contributed by atoms with Gasteiger partial charge >= 0.3 is 0 Å². The Labute approximate surface area is 109 Å². The van der Waals surface area contributed by atoms with Gasteiger partial charge in [-0.2, -0.15) is 0 Å². The lowest BCUT2D eigenvalue weighted by molar-refractivity contribution is 0.0156. The molecule has 1 aromatic heterocycles. The van der Waals surface area contributed by atoms with E-state index in [1.165, 1.54) is 12.0 Å². The second-order valence-electron chi connectivity index (χ2n) is 5.05. The van der Waals surface area contributed by atoms with Gasteiger partial charge in [-0.1, -0.05) is 0 Å². The van der Waals surface area contributed by atoms with Crippen LogP contribution in [0.25, 0.3) is 0 Å². The Bertz CT molecular complexity index is 338. The van der Waals surface area contributed by atoms with Gasteiger partial charge in [-0.3, -0.25) is 9.88 Å². The number of nitrogens with two attached hydrogens (primary N) is 1. The van der Waals surface area contributed by atoms with Crippen molar-refractivity contribution in [3.05, 3.63) is 30.1 Å². The lowest BCUT2D eigenvalue weighted by Gasteiger charge is -2.35. The Morgan fingerprint density at radius 3 is 2.89 bits per heavy atom. The number of likely N-dealkylation sites (N-methyl/N-ethyl adjacent to an activating group) is 1. The van der Waals surface area contributed by atoms with Gasteiger partial charge in [0.1, 0.15) is 0 Å². The van der Waals surface area contributed by atoms with E-state index in [0.717, 1.165) is 26.2 Å². The normalized spacial score (nSPS) is 22.1. The van der Waals surface area contributed by atoms with Crippen LogP contribution >= 0.6 is 0 Å². The Morgan fingerprint density at radius 2 is 2.28 bits per heavy atom. The van der Waals surface area contributed by atoms with Crippen LogP contribution in [0.2, 0.25) is 0 Å². The predicted molar refractivity (Wildman–Crippen MR) is 72.1 cm³/mol. The lowest BCUT2D eigenvalue weighted by Crippen LogP contribution is -2.45. The first-order chi connectivity index (χ1) is 8.81. The van der Waals surface area contributed by atoms with Crippen molar-refractivity contribution in [1.82, 2.24) is 9.88 Å². The fourth-order valence-electron chi connectivity index (χ4n) is 2.69. The van der Waals surface area contributed by atoms with Crippen molar-refractivity contribution >= 4 is 0 Å². The van der Waals surface area contributed by atoms with E-state index in [4.69, 9.17) is 10.5 Å². The van der Waals surface area contributed by atoms with E-state index in [2.05, 4.69) is 29.1 Å². The number of pyridine rings is 1.